The Kier molecular flexibility index (Phi) is 23.3. The highest BCUT2D eigenvalue weighted by Gasteiger charge is 2.57. The van der Waals surface area contributed by atoms with Gasteiger partial charge in [-0.1, -0.05) is 48.5 Å². The average molecular weight is 1290 g/mol. The van der Waals surface area contributed by atoms with Gasteiger partial charge < -0.3 is 92.9 Å². The quantitative estimate of drug-likeness (QED) is 0.0279. The molecule has 3 heterocycles. The molecular weight excluding hydrogens is 1220 g/mol. The summed E-state index contributed by atoms with van der Waals surface area (Å²) in [5.41, 5.74) is 16.4. The normalized spacial score (nSPS) is 27.7. The first-order valence-electron chi connectivity index (χ1n) is 27.5. The summed E-state index contributed by atoms with van der Waals surface area (Å²) in [7, 11) is 0. The van der Waals surface area contributed by atoms with Crippen LogP contribution < -0.4 is 21.5 Å². The highest BCUT2D eigenvalue weighted by atomic mass is 19.2. The molecule has 0 saturated carbocycles. The molecule has 3 aliphatic heterocycles. The minimum Gasteiger partial charge on any atom is -0.463 e. The van der Waals surface area contributed by atoms with Crippen LogP contribution in [0.4, 0.5) is 26.7 Å². The van der Waals surface area contributed by atoms with Crippen LogP contribution in [0.3, 0.4) is 0 Å². The molecule has 3 fully saturated rings. The van der Waals surface area contributed by atoms with Crippen molar-refractivity contribution in [1.82, 2.24) is 5.32 Å². The molecule has 33 heteroatoms. The van der Waals surface area contributed by atoms with Crippen molar-refractivity contribution in [1.29, 1.82) is 0 Å². The predicted molar refractivity (Wildman–Crippen MR) is 284 cm³/mol. The van der Waals surface area contributed by atoms with Gasteiger partial charge in [0.25, 0.3) is 0 Å². The molecule has 0 aromatic heterocycles. The Hall–Kier alpha value is -8.02. The minimum atomic E-state index is -2.62. The summed E-state index contributed by atoms with van der Waals surface area (Å²) in [6.07, 6.45) is -27.5. The fourth-order valence-electron chi connectivity index (χ4n) is 10.4. The summed E-state index contributed by atoms with van der Waals surface area (Å²) in [5.74, 6) is -24.3. The molecule has 492 valence electrons. The third kappa shape index (κ3) is 16.5. The van der Waals surface area contributed by atoms with Crippen LogP contribution in [-0.2, 0) is 105 Å². The topological polar surface area (TPSA) is 376 Å². The fraction of sp³-hybridized carbons (Fsp3) is 0.526. The molecule has 0 unspecified atom stereocenters. The van der Waals surface area contributed by atoms with Crippen LogP contribution in [0, 0.1) is 29.1 Å². The molecule has 90 heavy (non-hydrogen) atoms. The average Bonchev–Trinajstić information content (AvgIpc) is 1.33. The number of aliphatic hydroxyl groups is 1. The summed E-state index contributed by atoms with van der Waals surface area (Å²) < 4.78 is 158. The van der Waals surface area contributed by atoms with E-state index in [1.54, 1.807) is 36.4 Å². The van der Waals surface area contributed by atoms with Crippen LogP contribution in [0.5, 0.6) is 5.75 Å². The van der Waals surface area contributed by atoms with E-state index >= 15 is 8.78 Å². The number of hydrogen-bond donors (Lipinski definition) is 4. The zero-order valence-corrected chi connectivity index (χ0v) is 49.1. The Morgan fingerprint density at radius 3 is 1.46 bits per heavy atom. The van der Waals surface area contributed by atoms with Crippen LogP contribution in [0.1, 0.15) is 72.4 Å². The summed E-state index contributed by atoms with van der Waals surface area (Å²) in [5, 5.41) is 14.5. The Labute approximate surface area is 508 Å². The Balaban J connectivity index is 1.26. The minimum absolute atomic E-state index is 0.423. The predicted octanol–water partition coefficient (Wildman–Crippen LogP) is 1.98. The number of rotatable bonds is 22. The van der Waals surface area contributed by atoms with Gasteiger partial charge in [-0.25, -0.2) is 22.8 Å². The first-order valence-corrected chi connectivity index (χ1v) is 27.5. The Morgan fingerprint density at radius 2 is 0.944 bits per heavy atom. The Bertz CT molecular complexity index is 3110. The largest absolute Gasteiger partial charge is 0.463 e. The van der Waals surface area contributed by atoms with E-state index in [0.717, 1.165) is 77.6 Å². The van der Waals surface area contributed by atoms with Gasteiger partial charge in [-0.2, -0.15) is 8.78 Å². The number of nitrogens with one attached hydrogen (secondary N) is 1. The number of nitrogens with two attached hydrogens (primary N) is 2. The monoisotopic (exact) mass is 1290 g/mol. The van der Waals surface area contributed by atoms with Crippen LogP contribution in [-0.4, -0.2) is 190 Å². The molecule has 3 aromatic rings. The van der Waals surface area contributed by atoms with Gasteiger partial charge in [0, 0.05) is 54.4 Å². The van der Waals surface area contributed by atoms with E-state index in [2.05, 4.69) is 5.32 Å². The molecule has 3 saturated heterocycles. The number of hydrogen-bond acceptors (Lipinski definition) is 27. The first-order chi connectivity index (χ1) is 42.5. The standard InChI is InChI=1S/C57H64F5N3O25/c1-21(44(53(74)89-48-40(61)38(59)37(58)39(60)41(48)62)65-57(75)79-17-33-31-15-11-9-13-29(31)30-14-10-12-16-32(30)33)80-55-42(63)49(90-56-52(85-28(8)72)51(84-27(7)71)47(82-25(5)69)36(88-56)20-77-23(3)67)45(73)34(86-55)18-78-54-43(64)50(83-26(6)70)46(81-24(4)68)35(87-54)19-76-22(2)66/h9-16,21,33-36,42-47,49-52,54-56,73H,17-20,63-64H2,1-8H3,(H,65,75)/t21-,34-,35-,36-,42-,43-,44+,45+,46-,47+,49-,50-,51+,52-,54-,55+,56+/m1/s1. The van der Waals surface area contributed by atoms with Gasteiger partial charge in [-0.15, -0.1) is 0 Å². The van der Waals surface area contributed by atoms with Gasteiger partial charge in [-0.3, -0.25) is 33.6 Å². The number of ether oxygens (including phenoxy) is 15. The fourth-order valence-corrected chi connectivity index (χ4v) is 10.4. The van der Waals surface area contributed by atoms with Gasteiger partial charge >= 0.3 is 53.8 Å². The third-order valence-corrected chi connectivity index (χ3v) is 14.2. The maximum atomic E-state index is 15.2. The van der Waals surface area contributed by atoms with Crippen LogP contribution in [0.2, 0.25) is 0 Å². The zero-order valence-electron chi connectivity index (χ0n) is 49.1. The third-order valence-electron chi connectivity index (χ3n) is 14.2. The summed E-state index contributed by atoms with van der Waals surface area (Å²) in [6.45, 7) is 4.99. The van der Waals surface area contributed by atoms with Crippen molar-refractivity contribution in [2.75, 3.05) is 26.4 Å². The number of carbonyl (C=O) groups excluding carboxylic acids is 9. The van der Waals surface area contributed by atoms with Crippen molar-refractivity contribution in [3.05, 3.63) is 88.7 Å². The van der Waals surface area contributed by atoms with Crippen LogP contribution in [0.15, 0.2) is 48.5 Å². The van der Waals surface area contributed by atoms with Crippen LogP contribution in [0.25, 0.3) is 11.1 Å². The molecule has 17 atom stereocenters. The van der Waals surface area contributed by atoms with Crippen molar-refractivity contribution in [2.24, 2.45) is 11.5 Å². The number of halogens is 5. The lowest BCUT2D eigenvalue weighted by atomic mass is 9.95. The van der Waals surface area contributed by atoms with E-state index in [0.29, 0.717) is 0 Å². The molecule has 6 N–H and O–H groups in total. The van der Waals surface area contributed by atoms with E-state index in [1.807, 2.05) is 12.1 Å². The molecule has 4 aliphatic rings. The number of aliphatic hydroxyl groups excluding tert-OH is 1. The highest BCUT2D eigenvalue weighted by Crippen LogP contribution is 2.45. The van der Waals surface area contributed by atoms with Gasteiger partial charge in [0.1, 0.15) is 50.3 Å². The second-order valence-corrected chi connectivity index (χ2v) is 20.8. The van der Waals surface area contributed by atoms with Gasteiger partial charge in [0.2, 0.25) is 34.8 Å². The van der Waals surface area contributed by atoms with Gasteiger partial charge in [0.15, 0.2) is 55.4 Å². The summed E-state index contributed by atoms with van der Waals surface area (Å²) in [6, 6.07) is 8.27. The summed E-state index contributed by atoms with van der Waals surface area (Å²) in [4.78, 5) is 115. The molecule has 28 nitrogen and oxygen atoms in total. The van der Waals surface area contributed by atoms with E-state index in [-0.39, 0.29) is 0 Å². The van der Waals surface area contributed by atoms with Crippen molar-refractivity contribution in [3.8, 4) is 16.9 Å². The van der Waals surface area contributed by atoms with Crippen molar-refractivity contribution >= 4 is 53.8 Å². The van der Waals surface area contributed by atoms with E-state index < -0.39 is 225 Å². The summed E-state index contributed by atoms with van der Waals surface area (Å²) >= 11 is 0. The lowest BCUT2D eigenvalue weighted by Crippen LogP contribution is -2.69. The maximum Gasteiger partial charge on any atom is 0.407 e. The molecule has 7 rings (SSSR count). The SMILES string of the molecule is CC(=O)OC[C@H]1O[C@@H](O[C@@H]2[C@@H](N)[C@@H](O[C@H](C)[C@H](NC(=O)OCC3c4ccccc4-c4ccccc43)C(=O)Oc3c(F)c(F)c(F)c(F)c3F)O[C@H](CO[C@@H]3O[C@H](COC(C)=O)[C@@H](OC(C)=O)[C@H](OC(C)=O)[C@H]3N)[C@@H]2O)[C@H](OC(C)=O)[C@@H](OC(C)=O)[C@H]1OC(C)=O. The number of esters is 8. The van der Waals surface area contributed by atoms with Crippen molar-refractivity contribution < 1.29 is 141 Å². The second kappa shape index (κ2) is 30.2. The van der Waals surface area contributed by atoms with Crippen molar-refractivity contribution in [3.63, 3.8) is 0 Å². The van der Waals surface area contributed by atoms with Gasteiger partial charge in [0.05, 0.1) is 24.8 Å². The number of carbonyl (C=O) groups is 9. The van der Waals surface area contributed by atoms with E-state index in [4.69, 9.17) is 82.5 Å². The lowest BCUT2D eigenvalue weighted by molar-refractivity contribution is -0.351. The van der Waals surface area contributed by atoms with Crippen LogP contribution >= 0.6 is 0 Å². The molecule has 0 bridgehead atoms. The van der Waals surface area contributed by atoms with Crippen molar-refractivity contribution in [2.45, 2.75) is 165 Å². The van der Waals surface area contributed by atoms with E-state index in [1.165, 1.54) is 0 Å². The lowest BCUT2D eigenvalue weighted by Gasteiger charge is -2.48. The highest BCUT2D eigenvalue weighted by molar-refractivity contribution is 5.84. The number of alkyl carbamates (subject to hydrolysis) is 1. The molecule has 0 spiro atoms. The molecule has 1 amide bonds. The molecule has 3 aromatic carbocycles. The maximum absolute atomic E-state index is 15.2. The smallest absolute Gasteiger partial charge is 0.407 e. The van der Waals surface area contributed by atoms with E-state index in [9.17, 15) is 61.4 Å². The first kappa shape index (κ1) is 69.5. The van der Waals surface area contributed by atoms with Gasteiger partial charge in [-0.05, 0) is 29.2 Å². The Morgan fingerprint density at radius 1 is 0.511 bits per heavy atom. The number of fused-ring (bicyclic) bond motifs is 3. The molecular formula is C57H64F5N3O25. The number of amides is 1. The second-order valence-electron chi connectivity index (χ2n) is 20.8. The molecule has 0 radical (unpaired) electrons. The molecule has 1 aliphatic carbocycles. The number of benzene rings is 3. The zero-order chi connectivity index (χ0) is 66.2.